The Hall–Kier alpha value is -1.90. The molecule has 2 heterocycles. The zero-order valence-electron chi connectivity index (χ0n) is 9.50. The fraction of sp³-hybridized carbons (Fsp3) is 0.200. The average molecular weight is 287 g/mol. The second kappa shape index (κ2) is 6.32. The van der Waals surface area contributed by atoms with Crippen molar-refractivity contribution in [1.82, 2.24) is 24.7 Å². The predicted octanol–water partition coefficient (Wildman–Crippen LogP) is 2.62. The molecule has 0 atom stereocenters. The lowest BCUT2D eigenvalue weighted by Crippen LogP contribution is -2.00. The standard InChI is InChI=1S/C10H8F3N5S/c11-7(8(12)13)2-5-19-10-16-6-18(17-10)9-14-3-1-4-15-9/h1,3-4,6H,2,5H2. The SMILES string of the molecule is FC(F)=C(F)CCSc1ncn(-c2ncccn2)n1. The van der Waals surface area contributed by atoms with E-state index in [4.69, 9.17) is 0 Å². The summed E-state index contributed by atoms with van der Waals surface area (Å²) >= 11 is 1.08. The summed E-state index contributed by atoms with van der Waals surface area (Å²) in [5.41, 5.74) is 0. The smallest absolute Gasteiger partial charge is 0.220 e. The summed E-state index contributed by atoms with van der Waals surface area (Å²) in [6.45, 7) is 0. The molecule has 0 saturated carbocycles. The molecule has 0 unspecified atom stereocenters. The Balaban J connectivity index is 1.94. The van der Waals surface area contributed by atoms with Gasteiger partial charge in [-0.15, -0.1) is 5.10 Å². The van der Waals surface area contributed by atoms with E-state index in [0.717, 1.165) is 11.8 Å². The predicted molar refractivity (Wildman–Crippen MR) is 62.6 cm³/mol. The molecule has 0 amide bonds. The van der Waals surface area contributed by atoms with E-state index in [1.807, 2.05) is 0 Å². The van der Waals surface area contributed by atoms with Crippen LogP contribution in [0.15, 0.2) is 41.9 Å². The Labute approximate surface area is 110 Å². The van der Waals surface area contributed by atoms with Gasteiger partial charge in [-0.1, -0.05) is 11.8 Å². The Morgan fingerprint density at radius 1 is 1.16 bits per heavy atom. The van der Waals surface area contributed by atoms with Gasteiger partial charge in [-0.3, -0.25) is 0 Å². The molecule has 2 aromatic rings. The number of aromatic nitrogens is 5. The second-order valence-corrected chi connectivity index (χ2v) is 4.35. The summed E-state index contributed by atoms with van der Waals surface area (Å²) in [6.07, 6.45) is 1.88. The van der Waals surface area contributed by atoms with E-state index in [9.17, 15) is 13.2 Å². The molecule has 2 rings (SSSR count). The van der Waals surface area contributed by atoms with Gasteiger partial charge in [0.2, 0.25) is 5.16 Å². The number of thioether (sulfide) groups is 1. The maximum Gasteiger partial charge on any atom is 0.301 e. The van der Waals surface area contributed by atoms with Gasteiger partial charge in [0, 0.05) is 24.6 Å². The normalized spacial score (nSPS) is 10.5. The molecule has 5 nitrogen and oxygen atoms in total. The van der Waals surface area contributed by atoms with E-state index >= 15 is 0 Å². The minimum atomic E-state index is -2.28. The van der Waals surface area contributed by atoms with Crippen LogP contribution in [0.2, 0.25) is 0 Å². The summed E-state index contributed by atoms with van der Waals surface area (Å²) in [5, 5.41) is 4.39. The van der Waals surface area contributed by atoms with Crippen molar-refractivity contribution in [3.63, 3.8) is 0 Å². The van der Waals surface area contributed by atoms with Crippen molar-refractivity contribution in [1.29, 1.82) is 0 Å². The third kappa shape index (κ3) is 3.78. The van der Waals surface area contributed by atoms with E-state index in [1.54, 1.807) is 18.5 Å². The number of halogens is 3. The molecule has 0 aliphatic heterocycles. The van der Waals surface area contributed by atoms with Crippen molar-refractivity contribution in [2.75, 3.05) is 5.75 Å². The van der Waals surface area contributed by atoms with Gasteiger partial charge in [0.25, 0.3) is 5.95 Å². The molecule has 19 heavy (non-hydrogen) atoms. The fourth-order valence-corrected chi connectivity index (χ4v) is 1.88. The highest BCUT2D eigenvalue weighted by atomic mass is 32.2. The van der Waals surface area contributed by atoms with Crippen LogP contribution in [0.25, 0.3) is 5.95 Å². The molecule has 0 bridgehead atoms. The van der Waals surface area contributed by atoms with Crippen molar-refractivity contribution >= 4 is 11.8 Å². The van der Waals surface area contributed by atoms with Crippen LogP contribution < -0.4 is 0 Å². The van der Waals surface area contributed by atoms with Gasteiger partial charge in [-0.2, -0.15) is 13.5 Å². The number of hydrogen-bond acceptors (Lipinski definition) is 5. The number of nitrogens with zero attached hydrogens (tertiary/aromatic N) is 5. The topological polar surface area (TPSA) is 56.5 Å². The molecule has 100 valence electrons. The number of hydrogen-bond donors (Lipinski definition) is 0. The molecule has 0 N–H and O–H groups in total. The highest BCUT2D eigenvalue weighted by Gasteiger charge is 2.08. The van der Waals surface area contributed by atoms with E-state index in [-0.39, 0.29) is 12.2 Å². The first-order valence-electron chi connectivity index (χ1n) is 5.18. The molecule has 0 aliphatic carbocycles. The monoisotopic (exact) mass is 287 g/mol. The molecule has 0 aliphatic rings. The maximum atomic E-state index is 12.5. The van der Waals surface area contributed by atoms with Crippen molar-refractivity contribution < 1.29 is 13.2 Å². The molecule has 0 saturated heterocycles. The Morgan fingerprint density at radius 3 is 2.58 bits per heavy atom. The van der Waals surface area contributed by atoms with Crippen LogP contribution in [-0.2, 0) is 0 Å². The van der Waals surface area contributed by atoms with Gasteiger partial charge in [-0.05, 0) is 6.07 Å². The van der Waals surface area contributed by atoms with Gasteiger partial charge in [-0.25, -0.2) is 19.3 Å². The second-order valence-electron chi connectivity index (χ2n) is 3.28. The summed E-state index contributed by atoms with van der Waals surface area (Å²) in [7, 11) is 0. The zero-order valence-corrected chi connectivity index (χ0v) is 10.3. The van der Waals surface area contributed by atoms with Gasteiger partial charge in [0.15, 0.2) is 5.83 Å². The molecule has 0 aromatic carbocycles. The fourth-order valence-electron chi connectivity index (χ4n) is 1.15. The molecule has 2 aromatic heterocycles. The Bertz CT molecular complexity index is 568. The van der Waals surface area contributed by atoms with Gasteiger partial charge < -0.3 is 0 Å². The molecule has 0 fully saturated rings. The van der Waals surface area contributed by atoms with Crippen LogP contribution >= 0.6 is 11.8 Å². The van der Waals surface area contributed by atoms with Crippen molar-refractivity contribution in [3.05, 3.63) is 36.7 Å². The van der Waals surface area contributed by atoms with Crippen LogP contribution in [-0.4, -0.2) is 30.5 Å². The Morgan fingerprint density at radius 2 is 1.89 bits per heavy atom. The highest BCUT2D eigenvalue weighted by Crippen LogP contribution is 2.19. The molecular weight excluding hydrogens is 279 g/mol. The molecule has 0 spiro atoms. The molecule has 0 radical (unpaired) electrons. The number of allylic oxidation sites excluding steroid dienone is 1. The third-order valence-corrected chi connectivity index (χ3v) is 2.84. The zero-order chi connectivity index (χ0) is 13.7. The minimum Gasteiger partial charge on any atom is -0.220 e. The molecular formula is C10H8F3N5S. The van der Waals surface area contributed by atoms with Gasteiger partial charge in [0.1, 0.15) is 6.33 Å². The first-order valence-corrected chi connectivity index (χ1v) is 6.17. The largest absolute Gasteiger partial charge is 0.301 e. The van der Waals surface area contributed by atoms with Crippen LogP contribution in [0.3, 0.4) is 0 Å². The summed E-state index contributed by atoms with van der Waals surface area (Å²) in [6, 6.07) is 1.66. The van der Waals surface area contributed by atoms with E-state index < -0.39 is 11.9 Å². The van der Waals surface area contributed by atoms with E-state index in [2.05, 4.69) is 20.1 Å². The third-order valence-electron chi connectivity index (χ3n) is 1.99. The first kappa shape index (κ1) is 13.5. The van der Waals surface area contributed by atoms with Crippen molar-refractivity contribution in [2.45, 2.75) is 11.6 Å². The van der Waals surface area contributed by atoms with Crippen LogP contribution in [0, 0.1) is 0 Å². The van der Waals surface area contributed by atoms with Crippen LogP contribution in [0.4, 0.5) is 13.2 Å². The lowest BCUT2D eigenvalue weighted by Gasteiger charge is -1.96. The first-order chi connectivity index (χ1) is 9.16. The summed E-state index contributed by atoms with van der Waals surface area (Å²) in [4.78, 5) is 11.9. The van der Waals surface area contributed by atoms with Gasteiger partial charge in [0.05, 0.1) is 0 Å². The quantitative estimate of drug-likeness (QED) is 0.791. The number of rotatable bonds is 5. The minimum absolute atomic E-state index is 0.128. The van der Waals surface area contributed by atoms with Crippen LogP contribution in [0.1, 0.15) is 6.42 Å². The summed E-state index contributed by atoms with van der Waals surface area (Å²) < 4.78 is 37.5. The van der Waals surface area contributed by atoms with Crippen molar-refractivity contribution in [2.24, 2.45) is 0 Å². The van der Waals surface area contributed by atoms with E-state index in [0.29, 0.717) is 11.1 Å². The Kier molecular flexibility index (Phi) is 4.50. The maximum absolute atomic E-state index is 12.5. The lowest BCUT2D eigenvalue weighted by molar-refractivity contribution is 0.373. The average Bonchev–Trinajstić information content (AvgIpc) is 2.88. The van der Waals surface area contributed by atoms with E-state index in [1.165, 1.54) is 11.0 Å². The van der Waals surface area contributed by atoms with Crippen molar-refractivity contribution in [3.8, 4) is 5.95 Å². The van der Waals surface area contributed by atoms with Crippen LogP contribution in [0.5, 0.6) is 0 Å². The highest BCUT2D eigenvalue weighted by molar-refractivity contribution is 7.99. The summed E-state index contributed by atoms with van der Waals surface area (Å²) in [5.74, 6) is -0.927. The van der Waals surface area contributed by atoms with Gasteiger partial charge >= 0.3 is 6.08 Å². The molecule has 9 heteroatoms. The lowest BCUT2D eigenvalue weighted by atomic mass is 10.4.